The first-order valence-corrected chi connectivity index (χ1v) is 9.30. The van der Waals surface area contributed by atoms with Crippen molar-refractivity contribution in [3.63, 3.8) is 0 Å². The van der Waals surface area contributed by atoms with Crippen molar-refractivity contribution in [3.05, 3.63) is 42.4 Å². The first-order valence-electron chi connectivity index (χ1n) is 9.30. The number of fused-ring (bicyclic) bond motifs is 3. The van der Waals surface area contributed by atoms with Crippen molar-refractivity contribution in [2.24, 2.45) is 17.8 Å². The molecule has 0 radical (unpaired) electrons. The molecule has 24 heavy (non-hydrogen) atoms. The van der Waals surface area contributed by atoms with Crippen LogP contribution in [0.1, 0.15) is 59.6 Å². The number of aliphatic hydroxyl groups excluding tert-OH is 1. The predicted molar refractivity (Wildman–Crippen MR) is 101 cm³/mol. The number of hydrogen-bond donors (Lipinski definition) is 1. The molecular formula is C21H32N2O. The van der Waals surface area contributed by atoms with Gasteiger partial charge in [0.2, 0.25) is 0 Å². The molecule has 2 aromatic rings. The van der Waals surface area contributed by atoms with Gasteiger partial charge in [-0.25, -0.2) is 4.98 Å². The number of benzene rings is 1. The van der Waals surface area contributed by atoms with Crippen LogP contribution in [0.3, 0.4) is 0 Å². The first kappa shape index (κ1) is 18.7. The van der Waals surface area contributed by atoms with Crippen LogP contribution in [-0.4, -0.2) is 20.8 Å². The number of hydrogen-bond acceptors (Lipinski definition) is 2. The van der Waals surface area contributed by atoms with Gasteiger partial charge in [0.1, 0.15) is 0 Å². The smallest absolute Gasteiger partial charge is 0.0956 e. The summed E-state index contributed by atoms with van der Waals surface area (Å²) in [6.45, 7) is 12.7. The predicted octanol–water partition coefficient (Wildman–Crippen LogP) is 5.16. The third-order valence-electron chi connectivity index (χ3n) is 4.79. The molecule has 0 spiro atoms. The Hall–Kier alpha value is -1.61. The van der Waals surface area contributed by atoms with Gasteiger partial charge < -0.3 is 9.67 Å². The number of aliphatic hydroxyl groups is 1. The van der Waals surface area contributed by atoms with Crippen LogP contribution in [0, 0.1) is 17.8 Å². The average Bonchev–Trinajstić information content (AvgIpc) is 3.14. The van der Waals surface area contributed by atoms with Gasteiger partial charge in [0.15, 0.2) is 0 Å². The lowest BCUT2D eigenvalue weighted by Crippen LogP contribution is -2.34. The van der Waals surface area contributed by atoms with Gasteiger partial charge in [0, 0.05) is 11.5 Å². The summed E-state index contributed by atoms with van der Waals surface area (Å²) in [6, 6.07) is 8.73. The van der Waals surface area contributed by atoms with Crippen molar-refractivity contribution in [1.82, 2.24) is 9.55 Å². The van der Waals surface area contributed by atoms with E-state index in [2.05, 4.69) is 61.5 Å². The lowest BCUT2D eigenvalue weighted by atomic mass is 9.79. The molecule has 0 fully saturated rings. The van der Waals surface area contributed by atoms with Crippen LogP contribution in [0.5, 0.6) is 0 Å². The van der Waals surface area contributed by atoms with Gasteiger partial charge in [0.25, 0.3) is 0 Å². The Balaban J connectivity index is 0.00000100. The van der Waals surface area contributed by atoms with E-state index in [1.165, 1.54) is 16.8 Å². The Morgan fingerprint density at radius 1 is 1.12 bits per heavy atom. The minimum Gasteiger partial charge on any atom is -0.392 e. The van der Waals surface area contributed by atoms with Gasteiger partial charge in [0.05, 0.1) is 30.4 Å². The van der Waals surface area contributed by atoms with Crippen LogP contribution in [0.25, 0.3) is 11.3 Å². The Labute approximate surface area is 146 Å². The largest absolute Gasteiger partial charge is 0.392 e. The number of rotatable bonds is 5. The highest BCUT2D eigenvalue weighted by atomic mass is 16.3. The first-order chi connectivity index (χ1) is 11.5. The summed E-state index contributed by atoms with van der Waals surface area (Å²) < 4.78 is 2.25. The zero-order chi connectivity index (χ0) is 17.9. The molecule has 1 aromatic heterocycles. The fourth-order valence-electron chi connectivity index (χ4n) is 3.80. The van der Waals surface area contributed by atoms with E-state index in [1.54, 1.807) is 0 Å². The van der Waals surface area contributed by atoms with E-state index in [9.17, 15) is 5.11 Å². The molecule has 0 amide bonds. The van der Waals surface area contributed by atoms with Gasteiger partial charge in [-0.3, -0.25) is 0 Å². The van der Waals surface area contributed by atoms with E-state index in [0.29, 0.717) is 5.92 Å². The summed E-state index contributed by atoms with van der Waals surface area (Å²) in [4.78, 5) is 4.34. The van der Waals surface area contributed by atoms with Gasteiger partial charge in [-0.2, -0.15) is 0 Å². The Kier molecular flexibility index (Phi) is 6.22. The highest BCUT2D eigenvalue weighted by Gasteiger charge is 2.38. The van der Waals surface area contributed by atoms with Crippen molar-refractivity contribution in [2.45, 2.75) is 60.1 Å². The highest BCUT2D eigenvalue weighted by molar-refractivity contribution is 5.69. The zero-order valence-corrected chi connectivity index (χ0v) is 15.9. The summed E-state index contributed by atoms with van der Waals surface area (Å²) >= 11 is 0. The van der Waals surface area contributed by atoms with Crippen molar-refractivity contribution >= 4 is 0 Å². The van der Waals surface area contributed by atoms with Gasteiger partial charge in [-0.1, -0.05) is 65.8 Å². The van der Waals surface area contributed by atoms with E-state index in [-0.39, 0.29) is 24.0 Å². The fourth-order valence-corrected chi connectivity index (χ4v) is 3.80. The van der Waals surface area contributed by atoms with Gasteiger partial charge in [-0.05, 0) is 23.8 Å². The third kappa shape index (κ3) is 3.41. The molecule has 0 bridgehead atoms. The lowest BCUT2D eigenvalue weighted by molar-refractivity contribution is 0.0364. The van der Waals surface area contributed by atoms with Gasteiger partial charge >= 0.3 is 0 Å². The Bertz CT molecular complexity index is 645. The zero-order valence-electron chi connectivity index (χ0n) is 15.9. The van der Waals surface area contributed by atoms with Crippen LogP contribution in [0.15, 0.2) is 36.8 Å². The molecule has 1 aromatic carbocycles. The molecule has 3 nitrogen and oxygen atoms in total. The standard InChI is InChI=1S/C19H26N2O.C2H6/c1-12(2)9-16(19(22)13(3)4)18-15-8-6-5-7-14(15)17-10-20-11-21(17)18;1-2/h5-8,10-13,16,18-19,22H,9H2,1-4H3;1-2H3/t16-,18+,19?;/m1./s1. The second-order valence-corrected chi connectivity index (χ2v) is 7.25. The molecule has 0 saturated carbocycles. The quantitative estimate of drug-likeness (QED) is 0.823. The van der Waals surface area contributed by atoms with E-state index in [1.807, 2.05) is 26.4 Å². The molecule has 1 unspecified atom stereocenters. The van der Waals surface area contributed by atoms with Gasteiger partial charge in [-0.15, -0.1) is 0 Å². The summed E-state index contributed by atoms with van der Waals surface area (Å²) in [5, 5.41) is 10.9. The second-order valence-electron chi connectivity index (χ2n) is 7.25. The average molecular weight is 329 g/mol. The minimum atomic E-state index is -0.311. The fraction of sp³-hybridized carbons (Fsp3) is 0.571. The lowest BCUT2D eigenvalue weighted by Gasteiger charge is -2.33. The summed E-state index contributed by atoms with van der Waals surface area (Å²) in [6.07, 6.45) is 4.55. The highest BCUT2D eigenvalue weighted by Crippen LogP contribution is 2.46. The molecule has 0 aliphatic carbocycles. The maximum Gasteiger partial charge on any atom is 0.0956 e. The summed E-state index contributed by atoms with van der Waals surface area (Å²) in [5.74, 6) is 1.01. The molecule has 3 heteroatoms. The van der Waals surface area contributed by atoms with E-state index in [4.69, 9.17) is 0 Å². The molecule has 2 heterocycles. The monoisotopic (exact) mass is 328 g/mol. The number of imidazole rings is 1. The molecule has 1 aliphatic rings. The summed E-state index contributed by atoms with van der Waals surface area (Å²) in [5.41, 5.74) is 3.75. The molecule has 1 N–H and O–H groups in total. The number of nitrogens with zero attached hydrogens (tertiary/aromatic N) is 2. The van der Waals surface area contributed by atoms with E-state index >= 15 is 0 Å². The normalized spacial score (nSPS) is 18.0. The van der Waals surface area contributed by atoms with Crippen molar-refractivity contribution in [2.75, 3.05) is 0 Å². The van der Waals surface area contributed by atoms with Crippen LogP contribution >= 0.6 is 0 Å². The van der Waals surface area contributed by atoms with Crippen LogP contribution in [0.2, 0.25) is 0 Å². The van der Waals surface area contributed by atoms with E-state index < -0.39 is 0 Å². The number of aromatic nitrogens is 2. The third-order valence-corrected chi connectivity index (χ3v) is 4.79. The molecule has 3 rings (SSSR count). The SMILES string of the molecule is CC.CC(C)C[C@@H](C(O)C(C)C)[C@@H]1c2ccccc2-c2cncn21. The molecule has 132 valence electrons. The van der Waals surface area contributed by atoms with Crippen LogP contribution in [0.4, 0.5) is 0 Å². The maximum absolute atomic E-state index is 10.9. The van der Waals surface area contributed by atoms with Crippen LogP contribution < -0.4 is 0 Å². The topological polar surface area (TPSA) is 38.1 Å². The molecular weight excluding hydrogens is 296 g/mol. The van der Waals surface area contributed by atoms with Crippen LogP contribution in [-0.2, 0) is 0 Å². The summed E-state index contributed by atoms with van der Waals surface area (Å²) in [7, 11) is 0. The Morgan fingerprint density at radius 2 is 1.79 bits per heavy atom. The van der Waals surface area contributed by atoms with Crippen molar-refractivity contribution in [1.29, 1.82) is 0 Å². The maximum atomic E-state index is 10.9. The molecule has 0 saturated heterocycles. The molecule has 1 aliphatic heterocycles. The van der Waals surface area contributed by atoms with Crippen molar-refractivity contribution < 1.29 is 5.11 Å². The second kappa shape index (κ2) is 7.98. The van der Waals surface area contributed by atoms with E-state index in [0.717, 1.165) is 6.42 Å². The van der Waals surface area contributed by atoms with Crippen molar-refractivity contribution in [3.8, 4) is 11.3 Å². The Morgan fingerprint density at radius 3 is 2.42 bits per heavy atom. The minimum absolute atomic E-state index is 0.188. The molecule has 3 atom stereocenters.